The number of carbonyl (C=O) groups excluding carboxylic acids is 3. The van der Waals surface area contributed by atoms with Crippen LogP contribution in [0.5, 0.6) is 0 Å². The number of nitrogens with two attached hydrogens (primary N) is 1. The van der Waals surface area contributed by atoms with Gasteiger partial charge in [-0.05, 0) is 17.5 Å². The number of nitrogens with zero attached hydrogens (tertiary/aromatic N) is 2. The van der Waals surface area contributed by atoms with Gasteiger partial charge in [0.25, 0.3) is 0 Å². The molecule has 4 amide bonds. The minimum atomic E-state index is -0.625. The zero-order valence-corrected chi connectivity index (χ0v) is 12.1. The summed E-state index contributed by atoms with van der Waals surface area (Å²) in [6, 6.07) is 6.61. The summed E-state index contributed by atoms with van der Waals surface area (Å²) in [5, 5.41) is 2.59. The maximum Gasteiger partial charge on any atom is 0.324 e. The van der Waals surface area contributed by atoms with Crippen molar-refractivity contribution in [2.45, 2.75) is 12.5 Å². The van der Waals surface area contributed by atoms with Crippen molar-refractivity contribution >= 4 is 17.8 Å². The molecule has 7 nitrogen and oxygen atoms in total. The molecule has 3 N–H and O–H groups in total. The number of imide groups is 1. The topological polar surface area (TPSA) is 95.7 Å². The first-order valence-electron chi connectivity index (χ1n) is 7.27. The molecule has 1 atom stereocenters. The van der Waals surface area contributed by atoms with Crippen LogP contribution < -0.4 is 11.1 Å². The maximum atomic E-state index is 12.3. The molecule has 2 aliphatic rings. The second-order valence-corrected chi connectivity index (χ2v) is 5.50. The van der Waals surface area contributed by atoms with Crippen LogP contribution in [0, 0.1) is 0 Å². The van der Waals surface area contributed by atoms with E-state index in [1.54, 1.807) is 4.90 Å². The van der Waals surface area contributed by atoms with Gasteiger partial charge in [0, 0.05) is 19.6 Å². The van der Waals surface area contributed by atoms with E-state index in [0.717, 1.165) is 17.5 Å². The number of hydrogen-bond donors (Lipinski definition) is 2. The highest BCUT2D eigenvalue weighted by Crippen LogP contribution is 2.29. The van der Waals surface area contributed by atoms with Crippen molar-refractivity contribution in [2.75, 3.05) is 26.2 Å². The molecule has 0 bridgehead atoms. The number of amides is 4. The van der Waals surface area contributed by atoms with Crippen LogP contribution in [0.1, 0.15) is 17.2 Å². The van der Waals surface area contributed by atoms with Crippen LogP contribution in [-0.2, 0) is 16.0 Å². The van der Waals surface area contributed by atoms with E-state index in [0.29, 0.717) is 19.6 Å². The molecule has 1 aromatic carbocycles. The molecular weight excluding hydrogens is 284 g/mol. The van der Waals surface area contributed by atoms with Crippen LogP contribution in [0.15, 0.2) is 24.3 Å². The van der Waals surface area contributed by atoms with Crippen molar-refractivity contribution in [1.29, 1.82) is 0 Å². The first-order chi connectivity index (χ1) is 10.6. The molecule has 2 heterocycles. The van der Waals surface area contributed by atoms with Crippen molar-refractivity contribution < 1.29 is 14.4 Å². The van der Waals surface area contributed by atoms with Gasteiger partial charge < -0.3 is 11.1 Å². The highest BCUT2D eigenvalue weighted by atomic mass is 16.2. The molecule has 0 radical (unpaired) electrons. The first kappa shape index (κ1) is 14.5. The molecule has 3 rings (SSSR count). The van der Waals surface area contributed by atoms with Crippen molar-refractivity contribution in [3.05, 3.63) is 35.4 Å². The molecule has 0 spiro atoms. The number of hydrogen-bond acceptors (Lipinski definition) is 4. The molecule has 1 fully saturated rings. The third kappa shape index (κ3) is 2.55. The van der Waals surface area contributed by atoms with Gasteiger partial charge in [-0.3, -0.25) is 19.4 Å². The SMILES string of the molecule is NC(=O)C1c2ccccc2CCN1CC(=O)N1CCNC1=O. The Labute approximate surface area is 128 Å². The molecule has 116 valence electrons. The monoisotopic (exact) mass is 302 g/mol. The van der Waals surface area contributed by atoms with Crippen LogP contribution in [-0.4, -0.2) is 53.8 Å². The van der Waals surface area contributed by atoms with E-state index in [2.05, 4.69) is 5.32 Å². The summed E-state index contributed by atoms with van der Waals surface area (Å²) < 4.78 is 0. The quantitative estimate of drug-likeness (QED) is 0.796. The molecule has 2 aliphatic heterocycles. The zero-order valence-electron chi connectivity index (χ0n) is 12.1. The number of rotatable bonds is 3. The smallest absolute Gasteiger partial charge is 0.324 e. The maximum absolute atomic E-state index is 12.3. The summed E-state index contributed by atoms with van der Waals surface area (Å²) in [6.07, 6.45) is 0.749. The lowest BCUT2D eigenvalue weighted by Gasteiger charge is -2.35. The molecule has 7 heteroatoms. The van der Waals surface area contributed by atoms with Crippen LogP contribution in [0.25, 0.3) is 0 Å². The van der Waals surface area contributed by atoms with E-state index in [1.807, 2.05) is 24.3 Å². The van der Waals surface area contributed by atoms with E-state index >= 15 is 0 Å². The fourth-order valence-corrected chi connectivity index (χ4v) is 3.09. The highest BCUT2D eigenvalue weighted by Gasteiger charge is 2.35. The standard InChI is InChI=1S/C15H18N4O3/c16-14(21)13-11-4-2-1-3-10(11)5-7-18(13)9-12(20)19-8-6-17-15(19)22/h1-4,13H,5-9H2,(H2,16,21)(H,17,22). The fraction of sp³-hybridized carbons (Fsp3) is 0.400. The normalized spacial score (nSPS) is 21.4. The predicted molar refractivity (Wildman–Crippen MR) is 78.8 cm³/mol. The minimum Gasteiger partial charge on any atom is -0.368 e. The Kier molecular flexibility index (Phi) is 3.81. The Morgan fingerprint density at radius 1 is 1.27 bits per heavy atom. The van der Waals surface area contributed by atoms with Gasteiger partial charge in [-0.15, -0.1) is 0 Å². The van der Waals surface area contributed by atoms with Crippen LogP contribution in [0.4, 0.5) is 4.79 Å². The molecule has 1 aromatic rings. The zero-order chi connectivity index (χ0) is 15.7. The average molecular weight is 302 g/mol. The minimum absolute atomic E-state index is 0.00929. The summed E-state index contributed by atoms with van der Waals surface area (Å²) >= 11 is 0. The number of primary amides is 1. The molecular formula is C15H18N4O3. The lowest BCUT2D eigenvalue weighted by molar-refractivity contribution is -0.131. The van der Waals surface area contributed by atoms with Crippen LogP contribution >= 0.6 is 0 Å². The van der Waals surface area contributed by atoms with Crippen molar-refractivity contribution in [2.24, 2.45) is 5.73 Å². The lowest BCUT2D eigenvalue weighted by Crippen LogP contribution is -2.48. The number of nitrogens with one attached hydrogen (secondary N) is 1. The molecule has 22 heavy (non-hydrogen) atoms. The van der Waals surface area contributed by atoms with Crippen molar-refractivity contribution in [3.63, 3.8) is 0 Å². The Morgan fingerprint density at radius 3 is 2.73 bits per heavy atom. The van der Waals surface area contributed by atoms with E-state index < -0.39 is 11.9 Å². The summed E-state index contributed by atoms with van der Waals surface area (Å²) in [6.45, 7) is 1.40. The molecule has 0 saturated carbocycles. The molecule has 0 aliphatic carbocycles. The average Bonchev–Trinajstić information content (AvgIpc) is 2.92. The van der Waals surface area contributed by atoms with Gasteiger partial charge in [0.2, 0.25) is 11.8 Å². The predicted octanol–water partition coefficient (Wildman–Crippen LogP) is -0.377. The highest BCUT2D eigenvalue weighted by molar-refractivity contribution is 5.97. The molecule has 1 saturated heterocycles. The Bertz CT molecular complexity index is 631. The van der Waals surface area contributed by atoms with Gasteiger partial charge in [0.05, 0.1) is 6.54 Å². The summed E-state index contributed by atoms with van der Waals surface area (Å²) in [7, 11) is 0. The van der Waals surface area contributed by atoms with Gasteiger partial charge >= 0.3 is 6.03 Å². The number of benzene rings is 1. The Morgan fingerprint density at radius 2 is 2.05 bits per heavy atom. The third-order valence-corrected chi connectivity index (χ3v) is 4.15. The summed E-state index contributed by atoms with van der Waals surface area (Å²) in [4.78, 5) is 38.6. The van der Waals surface area contributed by atoms with E-state index in [1.165, 1.54) is 4.90 Å². The Hall–Kier alpha value is -2.41. The van der Waals surface area contributed by atoms with Crippen LogP contribution in [0.2, 0.25) is 0 Å². The van der Waals surface area contributed by atoms with E-state index in [4.69, 9.17) is 5.73 Å². The third-order valence-electron chi connectivity index (χ3n) is 4.15. The van der Waals surface area contributed by atoms with Gasteiger partial charge in [-0.1, -0.05) is 24.3 Å². The second-order valence-electron chi connectivity index (χ2n) is 5.50. The Balaban J connectivity index is 1.80. The second kappa shape index (κ2) is 5.76. The van der Waals surface area contributed by atoms with Gasteiger partial charge in [-0.25, -0.2) is 4.79 Å². The van der Waals surface area contributed by atoms with Gasteiger partial charge in [-0.2, -0.15) is 0 Å². The lowest BCUT2D eigenvalue weighted by atomic mass is 9.92. The number of fused-ring (bicyclic) bond motifs is 1. The number of carbonyl (C=O) groups is 3. The van der Waals surface area contributed by atoms with Gasteiger partial charge in [0.1, 0.15) is 6.04 Å². The van der Waals surface area contributed by atoms with Gasteiger partial charge in [0.15, 0.2) is 0 Å². The largest absolute Gasteiger partial charge is 0.368 e. The summed E-state index contributed by atoms with van der Waals surface area (Å²) in [5.74, 6) is -0.786. The number of urea groups is 1. The first-order valence-corrected chi connectivity index (χ1v) is 7.27. The molecule has 0 aromatic heterocycles. The molecule has 1 unspecified atom stereocenters. The van der Waals surface area contributed by atoms with Crippen LogP contribution in [0.3, 0.4) is 0 Å². The van der Waals surface area contributed by atoms with Crippen molar-refractivity contribution in [1.82, 2.24) is 15.1 Å². The van der Waals surface area contributed by atoms with E-state index in [-0.39, 0.29) is 18.5 Å². The summed E-state index contributed by atoms with van der Waals surface area (Å²) in [5.41, 5.74) is 7.47. The van der Waals surface area contributed by atoms with Crippen molar-refractivity contribution in [3.8, 4) is 0 Å². The fourth-order valence-electron chi connectivity index (χ4n) is 3.09. The van der Waals surface area contributed by atoms with E-state index in [9.17, 15) is 14.4 Å².